The summed E-state index contributed by atoms with van der Waals surface area (Å²) in [7, 11) is -3.98. The van der Waals surface area contributed by atoms with Crippen molar-refractivity contribution in [1.82, 2.24) is 4.98 Å². The van der Waals surface area contributed by atoms with Gasteiger partial charge in [0, 0.05) is 10.0 Å². The summed E-state index contributed by atoms with van der Waals surface area (Å²) in [5.41, 5.74) is -0.278. The van der Waals surface area contributed by atoms with Crippen LogP contribution in [0.25, 0.3) is 0 Å². The number of nitrogens with zero attached hydrogens (tertiary/aromatic N) is 1. The van der Waals surface area contributed by atoms with E-state index in [4.69, 9.17) is 28.3 Å². The van der Waals surface area contributed by atoms with Gasteiger partial charge in [0.05, 0.1) is 4.90 Å². The molecule has 0 aliphatic heterocycles. The Kier molecular flexibility index (Phi) is 4.36. The molecular formula is C12H8Cl2N2O4S. The van der Waals surface area contributed by atoms with Crippen LogP contribution >= 0.6 is 23.2 Å². The SMILES string of the molecule is O=C(O)c1cccc(NS(=O)(=O)c2cc(Cl)cc(Cl)c2)n1. The summed E-state index contributed by atoms with van der Waals surface area (Å²) >= 11 is 11.5. The minimum absolute atomic E-state index is 0.119. The molecule has 0 spiro atoms. The lowest BCUT2D eigenvalue weighted by atomic mass is 10.3. The van der Waals surface area contributed by atoms with Gasteiger partial charge in [-0.3, -0.25) is 4.72 Å². The zero-order valence-electron chi connectivity index (χ0n) is 10.2. The summed E-state index contributed by atoms with van der Waals surface area (Å²) in [4.78, 5) is 14.3. The summed E-state index contributed by atoms with van der Waals surface area (Å²) in [5.74, 6) is -1.38. The number of hydrogen-bond acceptors (Lipinski definition) is 4. The van der Waals surface area contributed by atoms with E-state index in [-0.39, 0.29) is 26.5 Å². The van der Waals surface area contributed by atoms with E-state index in [1.54, 1.807) is 0 Å². The Labute approximate surface area is 130 Å². The van der Waals surface area contributed by atoms with Crippen molar-refractivity contribution in [2.75, 3.05) is 4.72 Å². The minimum Gasteiger partial charge on any atom is -0.477 e. The zero-order chi connectivity index (χ0) is 15.6. The van der Waals surface area contributed by atoms with Crippen molar-refractivity contribution < 1.29 is 18.3 Å². The van der Waals surface area contributed by atoms with Crippen molar-refractivity contribution in [3.8, 4) is 0 Å². The van der Waals surface area contributed by atoms with Gasteiger partial charge >= 0.3 is 5.97 Å². The number of anilines is 1. The lowest BCUT2D eigenvalue weighted by Gasteiger charge is -2.08. The number of hydrogen-bond donors (Lipinski definition) is 2. The minimum atomic E-state index is -3.98. The van der Waals surface area contributed by atoms with Crippen molar-refractivity contribution in [3.05, 3.63) is 52.1 Å². The first-order valence-electron chi connectivity index (χ1n) is 5.47. The molecule has 2 aromatic rings. The molecule has 2 N–H and O–H groups in total. The largest absolute Gasteiger partial charge is 0.477 e. The number of halogens is 2. The van der Waals surface area contributed by atoms with Gasteiger partial charge in [-0.15, -0.1) is 0 Å². The van der Waals surface area contributed by atoms with Gasteiger partial charge in [0.1, 0.15) is 5.82 Å². The van der Waals surface area contributed by atoms with E-state index in [9.17, 15) is 13.2 Å². The molecule has 0 aliphatic carbocycles. The highest BCUT2D eigenvalue weighted by atomic mass is 35.5. The average Bonchev–Trinajstić information content (AvgIpc) is 2.37. The third-order valence-electron chi connectivity index (χ3n) is 2.35. The first-order valence-corrected chi connectivity index (χ1v) is 7.71. The van der Waals surface area contributed by atoms with Crippen molar-refractivity contribution in [2.45, 2.75) is 4.90 Å². The number of carboxylic acids is 1. The first-order chi connectivity index (χ1) is 9.78. The molecular weight excluding hydrogens is 339 g/mol. The Balaban J connectivity index is 2.37. The van der Waals surface area contributed by atoms with E-state index in [2.05, 4.69) is 9.71 Å². The maximum atomic E-state index is 12.2. The van der Waals surface area contributed by atoms with Gasteiger partial charge in [-0.1, -0.05) is 29.3 Å². The maximum Gasteiger partial charge on any atom is 0.354 e. The van der Waals surface area contributed by atoms with E-state index in [1.165, 1.54) is 36.4 Å². The molecule has 1 heterocycles. The highest BCUT2D eigenvalue weighted by molar-refractivity contribution is 7.92. The predicted molar refractivity (Wildman–Crippen MR) is 78.5 cm³/mol. The molecule has 0 saturated carbocycles. The topological polar surface area (TPSA) is 96.4 Å². The molecule has 0 saturated heterocycles. The molecule has 1 aromatic heterocycles. The van der Waals surface area contributed by atoms with Crippen LogP contribution in [0.5, 0.6) is 0 Å². The molecule has 1 aromatic carbocycles. The summed E-state index contributed by atoms with van der Waals surface area (Å²) in [5, 5.41) is 9.15. The second kappa shape index (κ2) is 5.88. The number of pyridine rings is 1. The fourth-order valence-electron chi connectivity index (χ4n) is 1.49. The molecule has 0 aliphatic rings. The van der Waals surface area contributed by atoms with Crippen LogP contribution in [0, 0.1) is 0 Å². The summed E-state index contributed by atoms with van der Waals surface area (Å²) < 4.78 is 26.5. The van der Waals surface area contributed by atoms with Crippen LogP contribution in [0.2, 0.25) is 10.0 Å². The quantitative estimate of drug-likeness (QED) is 0.887. The molecule has 21 heavy (non-hydrogen) atoms. The number of aromatic carboxylic acids is 1. The van der Waals surface area contributed by atoms with E-state index in [0.717, 1.165) is 0 Å². The number of carboxylic acid groups (broad SMARTS) is 1. The van der Waals surface area contributed by atoms with Gasteiger partial charge in [-0.05, 0) is 30.3 Å². The molecule has 0 amide bonds. The second-order valence-electron chi connectivity index (χ2n) is 3.92. The zero-order valence-corrected chi connectivity index (χ0v) is 12.6. The Bertz CT molecular complexity index is 788. The highest BCUT2D eigenvalue weighted by Crippen LogP contribution is 2.23. The molecule has 9 heteroatoms. The molecule has 6 nitrogen and oxygen atoms in total. The number of benzene rings is 1. The molecule has 2 rings (SSSR count). The van der Waals surface area contributed by atoms with Crippen LogP contribution in [-0.2, 0) is 10.0 Å². The van der Waals surface area contributed by atoms with Gasteiger partial charge in [-0.2, -0.15) is 0 Å². The van der Waals surface area contributed by atoms with Crippen LogP contribution in [0.1, 0.15) is 10.5 Å². The first kappa shape index (κ1) is 15.6. The van der Waals surface area contributed by atoms with Gasteiger partial charge in [-0.25, -0.2) is 18.2 Å². The van der Waals surface area contributed by atoms with Gasteiger partial charge < -0.3 is 5.11 Å². The average molecular weight is 347 g/mol. The van der Waals surface area contributed by atoms with E-state index < -0.39 is 16.0 Å². The Hall–Kier alpha value is -1.83. The smallest absolute Gasteiger partial charge is 0.354 e. The molecule has 0 unspecified atom stereocenters. The van der Waals surface area contributed by atoms with E-state index in [0.29, 0.717) is 0 Å². The number of aromatic nitrogens is 1. The fourth-order valence-corrected chi connectivity index (χ4v) is 3.22. The van der Waals surface area contributed by atoms with Gasteiger partial charge in [0.2, 0.25) is 0 Å². The molecule has 0 bridgehead atoms. The molecule has 0 fully saturated rings. The molecule has 0 atom stereocenters. The fraction of sp³-hybridized carbons (Fsp3) is 0. The maximum absolute atomic E-state index is 12.2. The van der Waals surface area contributed by atoms with Crippen LogP contribution in [-0.4, -0.2) is 24.5 Å². The summed E-state index contributed by atoms with van der Waals surface area (Å²) in [6.07, 6.45) is 0. The third-order valence-corrected chi connectivity index (χ3v) is 4.12. The van der Waals surface area contributed by atoms with E-state index in [1.807, 2.05) is 0 Å². The van der Waals surface area contributed by atoms with Crippen LogP contribution < -0.4 is 4.72 Å². The van der Waals surface area contributed by atoms with Crippen molar-refractivity contribution >= 4 is 45.0 Å². The molecule has 110 valence electrons. The van der Waals surface area contributed by atoms with Gasteiger partial charge in [0.15, 0.2) is 5.69 Å². The number of nitrogens with one attached hydrogen (secondary N) is 1. The van der Waals surface area contributed by atoms with Crippen LogP contribution in [0.3, 0.4) is 0 Å². The lowest BCUT2D eigenvalue weighted by Crippen LogP contribution is -2.15. The number of rotatable bonds is 4. The third kappa shape index (κ3) is 3.84. The summed E-state index contributed by atoms with van der Waals surface area (Å²) in [6, 6.07) is 7.78. The Morgan fingerprint density at radius 1 is 1.14 bits per heavy atom. The Morgan fingerprint density at radius 3 is 2.33 bits per heavy atom. The van der Waals surface area contributed by atoms with Crippen molar-refractivity contribution in [2.24, 2.45) is 0 Å². The monoisotopic (exact) mass is 346 g/mol. The number of sulfonamides is 1. The van der Waals surface area contributed by atoms with Gasteiger partial charge in [0.25, 0.3) is 10.0 Å². The standard InChI is InChI=1S/C12H8Cl2N2O4S/c13-7-4-8(14)6-9(5-7)21(19,20)16-11-3-1-2-10(15-11)12(17)18/h1-6H,(H,15,16)(H,17,18). The van der Waals surface area contributed by atoms with Crippen molar-refractivity contribution in [3.63, 3.8) is 0 Å². The molecule has 0 radical (unpaired) electrons. The van der Waals surface area contributed by atoms with Crippen molar-refractivity contribution in [1.29, 1.82) is 0 Å². The summed E-state index contributed by atoms with van der Waals surface area (Å²) in [6.45, 7) is 0. The predicted octanol–water partition coefficient (Wildman–Crippen LogP) is 2.89. The van der Waals surface area contributed by atoms with E-state index >= 15 is 0 Å². The number of carbonyl (C=O) groups is 1. The van der Waals surface area contributed by atoms with Crippen LogP contribution in [0.4, 0.5) is 5.82 Å². The van der Waals surface area contributed by atoms with Crippen LogP contribution in [0.15, 0.2) is 41.3 Å². The normalized spacial score (nSPS) is 11.1. The highest BCUT2D eigenvalue weighted by Gasteiger charge is 2.17. The second-order valence-corrected chi connectivity index (χ2v) is 6.48. The Morgan fingerprint density at radius 2 is 1.76 bits per heavy atom. The lowest BCUT2D eigenvalue weighted by molar-refractivity contribution is 0.0690.